The van der Waals surface area contributed by atoms with Gasteiger partial charge in [0.25, 0.3) is 5.91 Å². The van der Waals surface area contributed by atoms with Gasteiger partial charge in [-0.25, -0.2) is 0 Å². The normalized spacial score (nSPS) is 20.9. The maximum absolute atomic E-state index is 11.7. The summed E-state index contributed by atoms with van der Waals surface area (Å²) in [6.45, 7) is 0.000562. The Labute approximate surface area is 123 Å². The van der Waals surface area contributed by atoms with Crippen LogP contribution in [-0.4, -0.2) is 36.8 Å². The van der Waals surface area contributed by atoms with Gasteiger partial charge in [-0.15, -0.1) is 0 Å². The number of carbonyl (C=O) groups is 1. The molecule has 20 heavy (non-hydrogen) atoms. The SMILES string of the molecule is COC1CC(NC(=O)COc2ccc(C(N)=S)cc2)C1. The molecule has 1 fully saturated rings. The van der Waals surface area contributed by atoms with Crippen LogP contribution < -0.4 is 15.8 Å². The number of nitrogens with one attached hydrogen (secondary N) is 1. The van der Waals surface area contributed by atoms with Gasteiger partial charge in [0.05, 0.1) is 6.10 Å². The third kappa shape index (κ3) is 3.91. The number of methoxy groups -OCH3 is 1. The topological polar surface area (TPSA) is 73.6 Å². The average molecular weight is 294 g/mol. The molecule has 108 valence electrons. The van der Waals surface area contributed by atoms with E-state index in [2.05, 4.69) is 5.32 Å². The fourth-order valence-corrected chi connectivity index (χ4v) is 2.15. The molecule has 1 aromatic rings. The first-order chi connectivity index (χ1) is 9.58. The smallest absolute Gasteiger partial charge is 0.258 e. The van der Waals surface area contributed by atoms with Crippen molar-refractivity contribution >= 4 is 23.1 Å². The molecule has 1 saturated carbocycles. The molecule has 1 aliphatic rings. The van der Waals surface area contributed by atoms with E-state index in [0.29, 0.717) is 10.7 Å². The lowest BCUT2D eigenvalue weighted by molar-refractivity contribution is -0.125. The predicted molar refractivity (Wildman–Crippen MR) is 79.8 cm³/mol. The zero-order chi connectivity index (χ0) is 14.5. The average Bonchev–Trinajstić information content (AvgIpc) is 2.40. The molecule has 3 N–H and O–H groups in total. The van der Waals surface area contributed by atoms with Gasteiger partial charge >= 0.3 is 0 Å². The molecule has 5 nitrogen and oxygen atoms in total. The summed E-state index contributed by atoms with van der Waals surface area (Å²) in [4.78, 5) is 12.0. The van der Waals surface area contributed by atoms with Gasteiger partial charge in [0.2, 0.25) is 0 Å². The Balaban J connectivity index is 1.72. The highest BCUT2D eigenvalue weighted by atomic mass is 32.1. The second-order valence-electron chi connectivity index (χ2n) is 4.77. The minimum absolute atomic E-state index is 0.000562. The molecule has 1 aromatic carbocycles. The number of carbonyl (C=O) groups excluding carboxylic acids is 1. The van der Waals surface area contributed by atoms with Crippen molar-refractivity contribution in [1.82, 2.24) is 5.32 Å². The van der Waals surface area contributed by atoms with E-state index in [1.165, 1.54) is 0 Å². The Morgan fingerprint density at radius 1 is 1.40 bits per heavy atom. The number of amides is 1. The van der Waals surface area contributed by atoms with Crippen LogP contribution in [0.2, 0.25) is 0 Å². The van der Waals surface area contributed by atoms with Crippen LogP contribution in [0.3, 0.4) is 0 Å². The first-order valence-corrected chi connectivity index (χ1v) is 6.84. The molecule has 0 radical (unpaired) electrons. The quantitative estimate of drug-likeness (QED) is 0.766. The summed E-state index contributed by atoms with van der Waals surface area (Å²) >= 11 is 4.86. The second-order valence-corrected chi connectivity index (χ2v) is 5.21. The fourth-order valence-electron chi connectivity index (χ4n) is 2.01. The number of ether oxygens (including phenoxy) is 2. The van der Waals surface area contributed by atoms with Crippen LogP contribution in [0.25, 0.3) is 0 Å². The maximum atomic E-state index is 11.7. The number of hydrogen-bond acceptors (Lipinski definition) is 4. The van der Waals surface area contributed by atoms with Crippen LogP contribution in [0.1, 0.15) is 18.4 Å². The highest BCUT2D eigenvalue weighted by molar-refractivity contribution is 7.80. The minimum Gasteiger partial charge on any atom is -0.484 e. The molecule has 0 bridgehead atoms. The molecular formula is C14H18N2O3S. The first-order valence-electron chi connectivity index (χ1n) is 6.43. The van der Waals surface area contributed by atoms with Gasteiger partial charge in [0.1, 0.15) is 10.7 Å². The number of hydrogen-bond donors (Lipinski definition) is 2. The Morgan fingerprint density at radius 2 is 2.05 bits per heavy atom. The van der Waals surface area contributed by atoms with E-state index in [0.717, 1.165) is 18.4 Å². The van der Waals surface area contributed by atoms with Gasteiger partial charge in [-0.1, -0.05) is 12.2 Å². The van der Waals surface area contributed by atoms with E-state index < -0.39 is 0 Å². The van der Waals surface area contributed by atoms with Crippen LogP contribution in [0.15, 0.2) is 24.3 Å². The molecule has 0 spiro atoms. The van der Waals surface area contributed by atoms with Gasteiger partial charge in [-0.2, -0.15) is 0 Å². The summed E-state index contributed by atoms with van der Waals surface area (Å²) in [5.41, 5.74) is 6.28. The molecule has 0 heterocycles. The molecule has 6 heteroatoms. The minimum atomic E-state index is -0.122. The first kappa shape index (κ1) is 14.7. The lowest BCUT2D eigenvalue weighted by Gasteiger charge is -2.34. The summed E-state index contributed by atoms with van der Waals surface area (Å²) in [7, 11) is 1.68. The van der Waals surface area contributed by atoms with Crippen molar-refractivity contribution in [3.8, 4) is 5.75 Å². The van der Waals surface area contributed by atoms with E-state index in [1.54, 1.807) is 31.4 Å². The van der Waals surface area contributed by atoms with Gasteiger partial charge in [0.15, 0.2) is 6.61 Å². The molecule has 0 atom stereocenters. The highest BCUT2D eigenvalue weighted by Crippen LogP contribution is 2.22. The van der Waals surface area contributed by atoms with Gasteiger partial charge in [-0.3, -0.25) is 4.79 Å². The Morgan fingerprint density at radius 3 is 2.60 bits per heavy atom. The Bertz CT molecular complexity index is 484. The monoisotopic (exact) mass is 294 g/mol. The van der Waals surface area contributed by atoms with Crippen molar-refractivity contribution in [3.05, 3.63) is 29.8 Å². The molecule has 2 rings (SSSR count). The van der Waals surface area contributed by atoms with Crippen LogP contribution in [-0.2, 0) is 9.53 Å². The van der Waals surface area contributed by atoms with Crippen molar-refractivity contribution < 1.29 is 14.3 Å². The summed E-state index contributed by atoms with van der Waals surface area (Å²) in [6.07, 6.45) is 2.00. The largest absolute Gasteiger partial charge is 0.484 e. The van der Waals surface area contributed by atoms with Crippen molar-refractivity contribution in [2.75, 3.05) is 13.7 Å². The third-order valence-corrected chi connectivity index (χ3v) is 3.54. The fraction of sp³-hybridized carbons (Fsp3) is 0.429. The molecule has 0 unspecified atom stereocenters. The van der Waals surface area contributed by atoms with Gasteiger partial charge < -0.3 is 20.5 Å². The third-order valence-electron chi connectivity index (χ3n) is 3.30. The lowest BCUT2D eigenvalue weighted by Crippen LogP contribution is -2.48. The van der Waals surface area contributed by atoms with E-state index in [-0.39, 0.29) is 24.7 Å². The maximum Gasteiger partial charge on any atom is 0.258 e. The molecule has 0 saturated heterocycles. The van der Waals surface area contributed by atoms with Crippen molar-refractivity contribution in [2.24, 2.45) is 5.73 Å². The molecule has 1 amide bonds. The van der Waals surface area contributed by atoms with E-state index in [1.807, 2.05) is 0 Å². The number of thiocarbonyl (C=S) groups is 1. The van der Waals surface area contributed by atoms with Crippen LogP contribution >= 0.6 is 12.2 Å². The number of nitrogens with two attached hydrogens (primary N) is 1. The Kier molecular flexibility index (Phi) is 4.92. The van der Waals surface area contributed by atoms with Crippen LogP contribution in [0, 0.1) is 0 Å². The van der Waals surface area contributed by atoms with E-state index >= 15 is 0 Å². The van der Waals surface area contributed by atoms with Crippen molar-refractivity contribution in [3.63, 3.8) is 0 Å². The predicted octanol–water partition coefficient (Wildman–Crippen LogP) is 0.993. The number of rotatable bonds is 6. The lowest BCUT2D eigenvalue weighted by atomic mass is 9.89. The standard InChI is InChI=1S/C14H18N2O3S/c1-18-12-6-10(7-12)16-13(17)8-19-11-4-2-9(3-5-11)14(15)20/h2-5,10,12H,6-8H2,1H3,(H2,15,20)(H,16,17). The second kappa shape index (κ2) is 6.67. The van der Waals surface area contributed by atoms with Crippen molar-refractivity contribution in [1.29, 1.82) is 0 Å². The molecule has 0 aliphatic heterocycles. The zero-order valence-electron chi connectivity index (χ0n) is 11.3. The number of benzene rings is 1. The van der Waals surface area contributed by atoms with E-state index in [9.17, 15) is 4.79 Å². The molecule has 1 aliphatic carbocycles. The van der Waals surface area contributed by atoms with Gasteiger partial charge in [0, 0.05) is 18.7 Å². The summed E-state index contributed by atoms with van der Waals surface area (Å²) < 4.78 is 10.6. The summed E-state index contributed by atoms with van der Waals surface area (Å²) in [6, 6.07) is 7.22. The molecule has 0 aromatic heterocycles. The van der Waals surface area contributed by atoms with E-state index in [4.69, 9.17) is 27.4 Å². The van der Waals surface area contributed by atoms with Gasteiger partial charge in [-0.05, 0) is 37.1 Å². The Hall–Kier alpha value is -1.66. The summed E-state index contributed by atoms with van der Waals surface area (Å²) in [5.74, 6) is 0.492. The zero-order valence-corrected chi connectivity index (χ0v) is 12.1. The summed E-state index contributed by atoms with van der Waals surface area (Å²) in [5, 5.41) is 2.90. The van der Waals surface area contributed by atoms with Crippen LogP contribution in [0.4, 0.5) is 0 Å². The highest BCUT2D eigenvalue weighted by Gasteiger charge is 2.29. The van der Waals surface area contributed by atoms with Crippen molar-refractivity contribution in [2.45, 2.75) is 25.0 Å². The molecular weight excluding hydrogens is 276 g/mol. The van der Waals surface area contributed by atoms with Crippen LogP contribution in [0.5, 0.6) is 5.75 Å².